The van der Waals surface area contributed by atoms with Crippen LogP contribution in [0.15, 0.2) is 30.3 Å². The van der Waals surface area contributed by atoms with Gasteiger partial charge in [0.2, 0.25) is 0 Å². The molecule has 0 saturated heterocycles. The van der Waals surface area contributed by atoms with Crippen molar-refractivity contribution in [3.05, 3.63) is 30.3 Å². The zero-order chi connectivity index (χ0) is 10.8. The van der Waals surface area contributed by atoms with E-state index in [1.165, 1.54) is 0 Å². The minimum absolute atomic E-state index is 0.438. The van der Waals surface area contributed by atoms with Gasteiger partial charge < -0.3 is 0 Å². The quantitative estimate of drug-likeness (QED) is 0.735. The predicted molar refractivity (Wildman–Crippen MR) is 54.4 cm³/mol. The molecular formula is C8H7Cl2F3Ge. The Hall–Kier alpha value is 0.133. The molecule has 0 unspecified atom stereocenters. The third-order valence-corrected chi connectivity index (χ3v) is 9.52. The topological polar surface area (TPSA) is 0 Å². The monoisotopic (exact) mass is 304 g/mol. The van der Waals surface area contributed by atoms with Crippen molar-refractivity contribution in [1.82, 2.24) is 0 Å². The molecule has 6 heteroatoms. The molecule has 78 valence electrons. The van der Waals surface area contributed by atoms with E-state index in [0.717, 1.165) is 0 Å². The van der Waals surface area contributed by atoms with Crippen LogP contribution in [0.1, 0.15) is 0 Å². The van der Waals surface area contributed by atoms with E-state index in [2.05, 4.69) is 0 Å². The molecule has 1 aromatic rings. The van der Waals surface area contributed by atoms with Gasteiger partial charge in [0.05, 0.1) is 0 Å². The maximum atomic E-state index is 12.1. The van der Waals surface area contributed by atoms with Crippen LogP contribution in [0.25, 0.3) is 0 Å². The summed E-state index contributed by atoms with van der Waals surface area (Å²) in [5, 5.41) is -1.07. The zero-order valence-electron chi connectivity index (χ0n) is 6.98. The van der Waals surface area contributed by atoms with Gasteiger partial charge in [-0.2, -0.15) is 0 Å². The predicted octanol–water partition coefficient (Wildman–Crippen LogP) is 3.38. The summed E-state index contributed by atoms with van der Waals surface area (Å²) in [7, 11) is 11.6. The Labute approximate surface area is 90.7 Å². The van der Waals surface area contributed by atoms with Gasteiger partial charge in [0.25, 0.3) is 0 Å². The SMILES string of the molecule is FC(F)(F)[CH2][Ge]([Cl])([Cl])[c]1ccccc1. The first-order valence-corrected chi connectivity index (χ1v) is 11.9. The molecular weight excluding hydrogens is 297 g/mol. The van der Waals surface area contributed by atoms with Crippen LogP contribution < -0.4 is 4.40 Å². The summed E-state index contributed by atoms with van der Waals surface area (Å²) in [6.07, 6.45) is -4.29. The zero-order valence-corrected chi connectivity index (χ0v) is 10.6. The molecule has 0 aliphatic carbocycles. The van der Waals surface area contributed by atoms with Gasteiger partial charge in [-0.3, -0.25) is 0 Å². The second kappa shape index (κ2) is 4.33. The van der Waals surface area contributed by atoms with Gasteiger partial charge >= 0.3 is 90.8 Å². The molecule has 1 rings (SSSR count). The summed E-state index contributed by atoms with van der Waals surface area (Å²) in [5.74, 6) is 0. The van der Waals surface area contributed by atoms with Crippen LogP contribution in [0, 0.1) is 0 Å². The van der Waals surface area contributed by atoms with E-state index in [9.17, 15) is 13.2 Å². The molecule has 14 heavy (non-hydrogen) atoms. The Morgan fingerprint density at radius 2 is 1.57 bits per heavy atom. The van der Waals surface area contributed by atoms with Crippen LogP contribution in [0.4, 0.5) is 13.2 Å². The molecule has 0 atom stereocenters. The number of hydrogen-bond donors (Lipinski definition) is 0. The molecule has 0 aromatic heterocycles. The average molecular weight is 304 g/mol. The van der Waals surface area contributed by atoms with Gasteiger partial charge in [-0.25, -0.2) is 0 Å². The van der Waals surface area contributed by atoms with E-state index in [-0.39, 0.29) is 0 Å². The Morgan fingerprint density at radius 3 is 2.00 bits per heavy atom. The molecule has 0 bridgehead atoms. The first-order chi connectivity index (χ1) is 6.31. The Bertz CT molecular complexity index is 297. The van der Waals surface area contributed by atoms with Crippen molar-refractivity contribution >= 4 is 35.8 Å². The van der Waals surface area contributed by atoms with Crippen molar-refractivity contribution in [3.63, 3.8) is 0 Å². The Balaban J connectivity index is 2.86. The van der Waals surface area contributed by atoms with Gasteiger partial charge in [0, 0.05) is 0 Å². The fraction of sp³-hybridized carbons (Fsp3) is 0.250. The third kappa shape index (κ3) is 3.71. The standard InChI is InChI=1S/C8H7Cl2F3Ge/c9-14(10,6-8(11,12)13)7-4-2-1-3-5-7/h1-5H,6H2. The average Bonchev–Trinajstić information content (AvgIpc) is 2.01. The van der Waals surface area contributed by atoms with Crippen LogP contribution >= 0.6 is 20.0 Å². The van der Waals surface area contributed by atoms with E-state index >= 15 is 0 Å². The summed E-state index contributed by atoms with van der Waals surface area (Å²) in [4.78, 5) is 0. The van der Waals surface area contributed by atoms with Crippen molar-refractivity contribution in [3.8, 4) is 0 Å². The number of rotatable bonds is 2. The van der Waals surface area contributed by atoms with Crippen LogP contribution in [0.5, 0.6) is 0 Å². The van der Waals surface area contributed by atoms with Crippen LogP contribution in [0.3, 0.4) is 0 Å². The maximum absolute atomic E-state index is 12.1. The molecule has 0 spiro atoms. The normalized spacial score (nSPS) is 12.9. The minimum atomic E-state index is -4.29. The van der Waals surface area contributed by atoms with E-state index in [4.69, 9.17) is 20.0 Å². The fourth-order valence-corrected chi connectivity index (χ4v) is 6.83. The molecule has 0 N–H and O–H groups in total. The Kier molecular flexibility index (Phi) is 3.77. The van der Waals surface area contributed by atoms with Gasteiger partial charge in [0.15, 0.2) is 0 Å². The molecule has 0 nitrogen and oxygen atoms in total. The first-order valence-electron chi connectivity index (χ1n) is 3.81. The van der Waals surface area contributed by atoms with Gasteiger partial charge in [-0.1, -0.05) is 0 Å². The van der Waals surface area contributed by atoms with Gasteiger partial charge in [-0.15, -0.1) is 0 Å². The molecule has 0 fully saturated rings. The second-order valence-corrected chi connectivity index (χ2v) is 15.5. The summed E-state index contributed by atoms with van der Waals surface area (Å²) in [6, 6.07) is 8.08. The fourth-order valence-electron chi connectivity index (χ4n) is 1.04. The second-order valence-electron chi connectivity index (χ2n) is 2.86. The number of halogens is 5. The summed E-state index contributed by atoms with van der Waals surface area (Å²) >= 11 is -3.92. The van der Waals surface area contributed by atoms with Crippen molar-refractivity contribution in [1.29, 1.82) is 0 Å². The van der Waals surface area contributed by atoms with Crippen molar-refractivity contribution in [2.75, 3.05) is 0 Å². The Morgan fingerprint density at radius 1 is 1.07 bits per heavy atom. The molecule has 0 heterocycles. The van der Waals surface area contributed by atoms with Crippen LogP contribution in [-0.4, -0.2) is 17.6 Å². The number of alkyl halides is 3. The van der Waals surface area contributed by atoms with E-state index < -0.39 is 22.8 Å². The van der Waals surface area contributed by atoms with Crippen molar-refractivity contribution in [2.45, 2.75) is 11.4 Å². The number of benzene rings is 1. The van der Waals surface area contributed by atoms with E-state index in [1.54, 1.807) is 30.3 Å². The van der Waals surface area contributed by atoms with Crippen molar-refractivity contribution in [2.24, 2.45) is 0 Å². The van der Waals surface area contributed by atoms with E-state index in [1.807, 2.05) is 0 Å². The van der Waals surface area contributed by atoms with Crippen LogP contribution in [0.2, 0.25) is 5.25 Å². The van der Waals surface area contributed by atoms with E-state index in [0.29, 0.717) is 4.40 Å². The summed E-state index contributed by atoms with van der Waals surface area (Å²) in [5.41, 5.74) is 0. The summed E-state index contributed by atoms with van der Waals surface area (Å²) < 4.78 is 36.8. The summed E-state index contributed by atoms with van der Waals surface area (Å²) in [6.45, 7) is 0. The third-order valence-electron chi connectivity index (χ3n) is 1.62. The molecule has 1 aromatic carbocycles. The van der Waals surface area contributed by atoms with Gasteiger partial charge in [0.1, 0.15) is 0 Å². The molecule has 0 radical (unpaired) electrons. The molecule has 0 amide bonds. The first kappa shape index (κ1) is 12.2. The van der Waals surface area contributed by atoms with Crippen LogP contribution in [-0.2, 0) is 0 Å². The molecule has 0 aliphatic rings. The number of hydrogen-bond acceptors (Lipinski definition) is 0. The van der Waals surface area contributed by atoms with Crippen molar-refractivity contribution < 1.29 is 13.2 Å². The molecule has 0 saturated carbocycles. The van der Waals surface area contributed by atoms with Gasteiger partial charge in [-0.05, 0) is 0 Å². The molecule has 0 aliphatic heterocycles.